The molecule has 0 aliphatic heterocycles. The van der Waals surface area contributed by atoms with Crippen LogP contribution in [0.1, 0.15) is 69.9 Å². The maximum absolute atomic E-state index is 12.0. The number of carbonyl (C=O) groups is 3. The first-order chi connectivity index (χ1) is 13.9. The van der Waals surface area contributed by atoms with Crippen LogP contribution in [-0.4, -0.2) is 31.2 Å². The van der Waals surface area contributed by atoms with E-state index in [1.165, 1.54) is 0 Å². The molecular formula is C21H29ClNNaO6. The van der Waals surface area contributed by atoms with Crippen LogP contribution >= 0.6 is 11.6 Å². The number of rotatable bonds is 14. The van der Waals surface area contributed by atoms with Crippen LogP contribution in [0.15, 0.2) is 24.3 Å². The normalized spacial score (nSPS) is 11.1. The number of benzene rings is 1. The average molecular weight is 450 g/mol. The molecule has 162 valence electrons. The zero-order valence-corrected chi connectivity index (χ0v) is 20.5. The van der Waals surface area contributed by atoms with E-state index >= 15 is 0 Å². The molecule has 1 unspecified atom stereocenters. The van der Waals surface area contributed by atoms with Gasteiger partial charge in [0.25, 0.3) is 0 Å². The molecule has 0 aliphatic carbocycles. The summed E-state index contributed by atoms with van der Waals surface area (Å²) >= 11 is 5.86. The number of halogens is 1. The van der Waals surface area contributed by atoms with Crippen molar-refractivity contribution in [2.24, 2.45) is 0 Å². The smallest absolute Gasteiger partial charge is 0.550 e. The van der Waals surface area contributed by atoms with E-state index < -0.39 is 18.1 Å². The summed E-state index contributed by atoms with van der Waals surface area (Å²) in [4.78, 5) is 34.2. The van der Waals surface area contributed by atoms with Gasteiger partial charge in [-0.05, 0) is 49.8 Å². The SMILES string of the molecule is CCCCCC(=O)OCCCCOC(=O)NC(CCC(=O)[O-])c1ccc(Cl)cc1.[Na+]. The summed E-state index contributed by atoms with van der Waals surface area (Å²) in [6, 6.07) is 6.25. The molecule has 7 nitrogen and oxygen atoms in total. The van der Waals surface area contributed by atoms with E-state index in [9.17, 15) is 19.5 Å². The van der Waals surface area contributed by atoms with Gasteiger partial charge in [0.2, 0.25) is 0 Å². The summed E-state index contributed by atoms with van der Waals surface area (Å²) in [6.45, 7) is 2.55. The van der Waals surface area contributed by atoms with Crippen LogP contribution in [0.5, 0.6) is 0 Å². The third-order valence-electron chi connectivity index (χ3n) is 4.22. The Bertz CT molecular complexity index is 641. The zero-order chi connectivity index (χ0) is 21.5. The standard InChI is InChI=1S/C21H30ClNO6.Na/c1-2-3-4-7-20(26)28-14-5-6-15-29-21(27)23-18(12-13-19(24)25)16-8-10-17(22)11-9-16;/h8-11,18H,2-7,12-15H2,1H3,(H,23,27)(H,24,25);/q;+1/p-1. The van der Waals surface area contributed by atoms with Gasteiger partial charge in [-0.1, -0.05) is 43.5 Å². The summed E-state index contributed by atoms with van der Waals surface area (Å²) in [5, 5.41) is 14.0. The van der Waals surface area contributed by atoms with Crippen LogP contribution in [0.25, 0.3) is 0 Å². The molecule has 0 bridgehead atoms. The number of aliphatic carboxylic acids is 1. The number of carboxylic acids is 1. The van der Waals surface area contributed by atoms with Gasteiger partial charge in [0.1, 0.15) is 0 Å². The van der Waals surface area contributed by atoms with Gasteiger partial charge in [-0.3, -0.25) is 4.79 Å². The summed E-state index contributed by atoms with van der Waals surface area (Å²) in [5.41, 5.74) is 0.725. The molecule has 1 aromatic rings. The van der Waals surface area contributed by atoms with Gasteiger partial charge in [-0.25, -0.2) is 4.79 Å². The number of carboxylic acid groups (broad SMARTS) is 1. The topological polar surface area (TPSA) is 105 Å². The van der Waals surface area contributed by atoms with Crippen molar-refractivity contribution < 1.29 is 58.5 Å². The maximum atomic E-state index is 12.0. The molecule has 0 aromatic heterocycles. The van der Waals surface area contributed by atoms with Crippen LogP contribution in [0.2, 0.25) is 5.02 Å². The second kappa shape index (κ2) is 17.4. The Morgan fingerprint density at radius 2 is 1.63 bits per heavy atom. The molecule has 0 saturated carbocycles. The summed E-state index contributed by atoms with van der Waals surface area (Å²) in [5.74, 6) is -1.39. The molecule has 9 heteroatoms. The van der Waals surface area contributed by atoms with Crippen molar-refractivity contribution in [3.63, 3.8) is 0 Å². The number of alkyl carbamates (subject to hydrolysis) is 1. The number of nitrogens with one attached hydrogen (secondary N) is 1. The Hall–Kier alpha value is -1.28. The number of esters is 1. The molecule has 0 fully saturated rings. The summed E-state index contributed by atoms with van der Waals surface area (Å²) in [7, 11) is 0. The number of ether oxygens (including phenoxy) is 2. The third-order valence-corrected chi connectivity index (χ3v) is 4.47. The maximum Gasteiger partial charge on any atom is 1.00 e. The van der Waals surface area contributed by atoms with Crippen LogP contribution in [0, 0.1) is 0 Å². The minimum absolute atomic E-state index is 0. The Morgan fingerprint density at radius 3 is 2.23 bits per heavy atom. The van der Waals surface area contributed by atoms with Crippen molar-refractivity contribution in [2.45, 2.75) is 64.3 Å². The number of carbonyl (C=O) groups excluding carboxylic acids is 3. The Kier molecular flexibility index (Phi) is 16.7. The number of unbranched alkanes of at least 4 members (excludes halogenated alkanes) is 3. The van der Waals surface area contributed by atoms with Gasteiger partial charge in [-0.2, -0.15) is 0 Å². The predicted octanol–water partition coefficient (Wildman–Crippen LogP) is 0.545. The van der Waals surface area contributed by atoms with E-state index in [4.69, 9.17) is 21.1 Å². The summed E-state index contributed by atoms with van der Waals surface area (Å²) < 4.78 is 10.2. The molecule has 0 saturated heterocycles. The van der Waals surface area contributed by atoms with Crippen molar-refractivity contribution in [2.75, 3.05) is 13.2 Å². The van der Waals surface area contributed by atoms with E-state index in [-0.39, 0.29) is 55.0 Å². The third kappa shape index (κ3) is 13.9. The van der Waals surface area contributed by atoms with E-state index in [0.29, 0.717) is 30.9 Å². The van der Waals surface area contributed by atoms with Crippen molar-refractivity contribution >= 4 is 29.6 Å². The monoisotopic (exact) mass is 449 g/mol. The molecule has 1 amide bonds. The molecule has 30 heavy (non-hydrogen) atoms. The Morgan fingerprint density at radius 1 is 1.00 bits per heavy atom. The molecule has 1 N–H and O–H groups in total. The molecule has 0 spiro atoms. The van der Waals surface area contributed by atoms with Gasteiger partial charge in [0.05, 0.1) is 19.3 Å². The van der Waals surface area contributed by atoms with Crippen molar-refractivity contribution in [1.29, 1.82) is 0 Å². The van der Waals surface area contributed by atoms with Crippen LogP contribution in [0.3, 0.4) is 0 Å². The Labute approximate surface area is 205 Å². The minimum atomic E-state index is -1.19. The van der Waals surface area contributed by atoms with Gasteiger partial charge in [0.15, 0.2) is 0 Å². The first kappa shape index (κ1) is 28.7. The van der Waals surface area contributed by atoms with E-state index in [1.807, 2.05) is 0 Å². The average Bonchev–Trinajstić information content (AvgIpc) is 2.68. The molecule has 0 aliphatic rings. The zero-order valence-electron chi connectivity index (χ0n) is 17.8. The number of hydrogen-bond acceptors (Lipinski definition) is 6. The number of hydrogen-bond donors (Lipinski definition) is 1. The van der Waals surface area contributed by atoms with Crippen molar-refractivity contribution in [1.82, 2.24) is 5.32 Å². The van der Waals surface area contributed by atoms with Crippen LogP contribution < -0.4 is 40.0 Å². The molecule has 1 rings (SSSR count). The molecule has 0 heterocycles. The minimum Gasteiger partial charge on any atom is -0.550 e. The van der Waals surface area contributed by atoms with Gasteiger partial charge in [0, 0.05) is 17.4 Å². The second-order valence-electron chi connectivity index (χ2n) is 6.68. The fourth-order valence-corrected chi connectivity index (χ4v) is 2.74. The fourth-order valence-electron chi connectivity index (χ4n) is 2.61. The van der Waals surface area contributed by atoms with Gasteiger partial charge >= 0.3 is 41.6 Å². The molecular weight excluding hydrogens is 421 g/mol. The first-order valence-electron chi connectivity index (χ1n) is 9.96. The fraction of sp³-hybridized carbons (Fsp3) is 0.571. The van der Waals surface area contributed by atoms with Crippen LogP contribution in [-0.2, 0) is 19.1 Å². The predicted molar refractivity (Wildman–Crippen MR) is 107 cm³/mol. The van der Waals surface area contributed by atoms with Crippen LogP contribution in [0.4, 0.5) is 4.79 Å². The summed E-state index contributed by atoms with van der Waals surface area (Å²) in [6.07, 6.45) is 3.83. The molecule has 1 aromatic carbocycles. The van der Waals surface area contributed by atoms with Gasteiger partial charge < -0.3 is 24.7 Å². The molecule has 0 radical (unpaired) electrons. The largest absolute Gasteiger partial charge is 1.00 e. The van der Waals surface area contributed by atoms with Gasteiger partial charge in [-0.15, -0.1) is 0 Å². The quantitative estimate of drug-likeness (QED) is 0.252. The Balaban J connectivity index is 0.00000841. The van der Waals surface area contributed by atoms with Crippen molar-refractivity contribution in [3.05, 3.63) is 34.9 Å². The van der Waals surface area contributed by atoms with Crippen molar-refractivity contribution in [3.8, 4) is 0 Å². The number of amides is 1. The van der Waals surface area contributed by atoms with E-state index in [0.717, 1.165) is 24.8 Å². The second-order valence-corrected chi connectivity index (χ2v) is 7.12. The van der Waals surface area contributed by atoms with E-state index in [2.05, 4.69) is 12.2 Å². The first-order valence-corrected chi connectivity index (χ1v) is 10.3. The molecule has 1 atom stereocenters. The van der Waals surface area contributed by atoms with E-state index in [1.54, 1.807) is 24.3 Å².